The first kappa shape index (κ1) is 22.7. The van der Waals surface area contributed by atoms with E-state index >= 15 is 0 Å². The maximum atomic E-state index is 12.8. The molecule has 0 radical (unpaired) electrons. The summed E-state index contributed by atoms with van der Waals surface area (Å²) in [6.07, 6.45) is 3.99. The molecule has 2 aliphatic rings. The molecule has 0 aliphatic carbocycles. The number of hydrogen-bond donors (Lipinski definition) is 1. The maximum Gasteiger partial charge on any atom is 0.236 e. The van der Waals surface area contributed by atoms with Gasteiger partial charge in [-0.05, 0) is 58.8 Å². The van der Waals surface area contributed by atoms with Crippen LogP contribution in [0.1, 0.15) is 45.4 Å². The minimum Gasteiger partial charge on any atom is -0.350 e. The molecule has 32 heavy (non-hydrogen) atoms. The molecule has 174 valence electrons. The third-order valence-corrected chi connectivity index (χ3v) is 6.26. The zero-order valence-electron chi connectivity index (χ0n) is 19.5. The molecule has 2 amide bonds. The van der Waals surface area contributed by atoms with E-state index in [0.717, 1.165) is 50.5 Å². The number of likely N-dealkylation sites (tertiary alicyclic amines) is 1. The van der Waals surface area contributed by atoms with Crippen molar-refractivity contribution in [3.63, 3.8) is 0 Å². The van der Waals surface area contributed by atoms with Gasteiger partial charge in [0.05, 0.1) is 13.1 Å². The van der Waals surface area contributed by atoms with Gasteiger partial charge >= 0.3 is 0 Å². The zero-order valence-corrected chi connectivity index (χ0v) is 19.5. The molecular weight excluding hydrogens is 406 g/mol. The molecule has 9 nitrogen and oxygen atoms in total. The first-order valence-electron chi connectivity index (χ1n) is 11.6. The second-order valence-electron chi connectivity index (χ2n) is 9.99. The minimum atomic E-state index is -0.219. The van der Waals surface area contributed by atoms with Gasteiger partial charge in [0.1, 0.15) is 5.82 Å². The van der Waals surface area contributed by atoms with E-state index in [4.69, 9.17) is 0 Å². The fourth-order valence-electron chi connectivity index (χ4n) is 4.60. The van der Waals surface area contributed by atoms with E-state index in [2.05, 4.69) is 29.7 Å². The number of aromatic nitrogens is 3. The third kappa shape index (κ3) is 5.63. The van der Waals surface area contributed by atoms with Crippen LogP contribution in [-0.2, 0) is 9.59 Å². The van der Waals surface area contributed by atoms with Gasteiger partial charge < -0.3 is 10.2 Å². The number of nitrogens with zero attached hydrogens (tertiary/aromatic N) is 6. The van der Waals surface area contributed by atoms with Gasteiger partial charge in [-0.3, -0.25) is 23.8 Å². The van der Waals surface area contributed by atoms with E-state index in [1.54, 1.807) is 0 Å². The highest BCUT2D eigenvalue weighted by Gasteiger charge is 2.28. The SMILES string of the molecule is CC(C)(C)NC(=O)CN1CCN(C(=O)CN2CCC(c3nnc4ccccn34)CC2)CC1. The normalized spacial score (nSPS) is 19.4. The molecule has 2 saturated heterocycles. The quantitative estimate of drug-likeness (QED) is 0.744. The van der Waals surface area contributed by atoms with Gasteiger partial charge in [0.25, 0.3) is 0 Å². The lowest BCUT2D eigenvalue weighted by atomic mass is 9.96. The van der Waals surface area contributed by atoms with Crippen LogP contribution in [-0.4, -0.2) is 99.0 Å². The van der Waals surface area contributed by atoms with Crippen LogP contribution < -0.4 is 5.32 Å². The Hall–Kier alpha value is -2.52. The average molecular weight is 442 g/mol. The van der Waals surface area contributed by atoms with Crippen molar-refractivity contribution in [2.75, 3.05) is 52.4 Å². The predicted octanol–water partition coefficient (Wildman–Crippen LogP) is 0.968. The molecule has 2 fully saturated rings. The van der Waals surface area contributed by atoms with Gasteiger partial charge in [-0.25, -0.2) is 0 Å². The Morgan fingerprint density at radius 3 is 2.34 bits per heavy atom. The number of hydrogen-bond acceptors (Lipinski definition) is 6. The fraction of sp³-hybridized carbons (Fsp3) is 0.652. The summed E-state index contributed by atoms with van der Waals surface area (Å²) in [5.41, 5.74) is 0.666. The van der Waals surface area contributed by atoms with E-state index < -0.39 is 0 Å². The van der Waals surface area contributed by atoms with E-state index in [-0.39, 0.29) is 17.4 Å². The van der Waals surface area contributed by atoms with E-state index in [1.807, 2.05) is 50.1 Å². The van der Waals surface area contributed by atoms with E-state index in [9.17, 15) is 9.59 Å². The number of piperidine rings is 1. The van der Waals surface area contributed by atoms with Crippen LogP contribution in [0.5, 0.6) is 0 Å². The van der Waals surface area contributed by atoms with Crippen molar-refractivity contribution < 1.29 is 9.59 Å². The highest BCUT2D eigenvalue weighted by atomic mass is 16.2. The van der Waals surface area contributed by atoms with Crippen LogP contribution in [0.25, 0.3) is 5.65 Å². The topological polar surface area (TPSA) is 86.1 Å². The summed E-state index contributed by atoms with van der Waals surface area (Å²) in [5, 5.41) is 11.7. The highest BCUT2D eigenvalue weighted by molar-refractivity contribution is 5.79. The standard InChI is InChI=1S/C23H35N7O2/c1-23(2,3)24-20(31)16-28-12-14-29(15-13-28)21(32)17-27-10-7-18(8-11-27)22-26-25-19-6-4-5-9-30(19)22/h4-6,9,18H,7-8,10-17H2,1-3H3,(H,24,31). The molecule has 0 atom stereocenters. The summed E-state index contributed by atoms with van der Waals surface area (Å²) < 4.78 is 2.08. The Bertz CT molecular complexity index is 935. The van der Waals surface area contributed by atoms with E-state index in [1.165, 1.54) is 0 Å². The molecule has 9 heteroatoms. The lowest BCUT2D eigenvalue weighted by molar-refractivity contribution is -0.134. The Morgan fingerprint density at radius 1 is 0.969 bits per heavy atom. The number of carbonyl (C=O) groups excluding carboxylic acids is 2. The summed E-state index contributed by atoms with van der Waals surface area (Å²) >= 11 is 0. The molecule has 1 N–H and O–H groups in total. The number of pyridine rings is 1. The second kappa shape index (κ2) is 9.54. The first-order chi connectivity index (χ1) is 15.3. The Balaban J connectivity index is 1.20. The van der Waals surface area contributed by atoms with E-state index in [0.29, 0.717) is 32.1 Å². The van der Waals surface area contributed by atoms with Crippen LogP contribution in [0.4, 0.5) is 0 Å². The predicted molar refractivity (Wildman–Crippen MR) is 122 cm³/mol. The Kier molecular flexibility index (Phi) is 6.76. The minimum absolute atomic E-state index is 0.0422. The summed E-state index contributed by atoms with van der Waals surface area (Å²) in [4.78, 5) is 31.3. The van der Waals surface area contributed by atoms with Gasteiger partial charge in [-0.1, -0.05) is 6.07 Å². The summed E-state index contributed by atoms with van der Waals surface area (Å²) in [7, 11) is 0. The molecule has 4 rings (SSSR count). The van der Waals surface area contributed by atoms with Gasteiger partial charge in [0.2, 0.25) is 11.8 Å². The molecule has 0 bridgehead atoms. The van der Waals surface area contributed by atoms with Gasteiger partial charge in [-0.15, -0.1) is 10.2 Å². The van der Waals surface area contributed by atoms with Crippen molar-refractivity contribution in [1.29, 1.82) is 0 Å². The monoisotopic (exact) mass is 441 g/mol. The first-order valence-corrected chi connectivity index (χ1v) is 11.6. The van der Waals surface area contributed by atoms with Gasteiger partial charge in [0.15, 0.2) is 5.65 Å². The average Bonchev–Trinajstić information content (AvgIpc) is 3.17. The van der Waals surface area contributed by atoms with Crippen molar-refractivity contribution >= 4 is 17.5 Å². The van der Waals surface area contributed by atoms with Crippen molar-refractivity contribution in [3.05, 3.63) is 30.2 Å². The molecule has 2 aliphatic heterocycles. The number of carbonyl (C=O) groups is 2. The van der Waals surface area contributed by atoms with Gasteiger partial charge in [-0.2, -0.15) is 0 Å². The zero-order chi connectivity index (χ0) is 22.7. The fourth-order valence-corrected chi connectivity index (χ4v) is 4.60. The Labute approximate surface area is 189 Å². The second-order valence-corrected chi connectivity index (χ2v) is 9.99. The lowest BCUT2D eigenvalue weighted by Crippen LogP contribution is -2.54. The third-order valence-electron chi connectivity index (χ3n) is 6.26. The lowest BCUT2D eigenvalue weighted by Gasteiger charge is -2.37. The largest absolute Gasteiger partial charge is 0.350 e. The molecule has 0 spiro atoms. The van der Waals surface area contributed by atoms with Crippen LogP contribution in [0, 0.1) is 0 Å². The maximum absolute atomic E-state index is 12.8. The van der Waals surface area contributed by atoms with Gasteiger partial charge in [0, 0.05) is 43.8 Å². The molecule has 2 aromatic rings. The molecule has 0 saturated carbocycles. The van der Waals surface area contributed by atoms with Crippen molar-refractivity contribution in [2.45, 2.75) is 45.1 Å². The number of fused-ring (bicyclic) bond motifs is 1. The van der Waals surface area contributed by atoms with Crippen LogP contribution >= 0.6 is 0 Å². The molecule has 2 aromatic heterocycles. The van der Waals surface area contributed by atoms with Crippen molar-refractivity contribution in [2.24, 2.45) is 0 Å². The number of piperazine rings is 1. The smallest absolute Gasteiger partial charge is 0.236 e. The number of nitrogens with one attached hydrogen (secondary N) is 1. The van der Waals surface area contributed by atoms with Crippen LogP contribution in [0.15, 0.2) is 24.4 Å². The molecule has 0 aromatic carbocycles. The summed E-state index contributed by atoms with van der Waals surface area (Å²) in [6.45, 7) is 11.5. The summed E-state index contributed by atoms with van der Waals surface area (Å²) in [5.74, 6) is 1.63. The molecular formula is C23H35N7O2. The van der Waals surface area contributed by atoms with Crippen molar-refractivity contribution in [1.82, 2.24) is 34.6 Å². The van der Waals surface area contributed by atoms with Crippen molar-refractivity contribution in [3.8, 4) is 0 Å². The summed E-state index contributed by atoms with van der Waals surface area (Å²) in [6, 6.07) is 5.95. The molecule has 4 heterocycles. The van der Waals surface area contributed by atoms with Crippen LogP contribution in [0.2, 0.25) is 0 Å². The molecule has 0 unspecified atom stereocenters. The number of amides is 2. The van der Waals surface area contributed by atoms with Crippen LogP contribution in [0.3, 0.4) is 0 Å². The Morgan fingerprint density at radius 2 is 1.66 bits per heavy atom. The highest BCUT2D eigenvalue weighted by Crippen LogP contribution is 2.27. The number of rotatable bonds is 5.